The first kappa shape index (κ1) is 9.95. The molecule has 2 atom stereocenters. The summed E-state index contributed by atoms with van der Waals surface area (Å²) in [5.74, 6) is 2.40. The molecule has 14 heavy (non-hydrogen) atoms. The Morgan fingerprint density at radius 3 is 2.79 bits per heavy atom. The number of rotatable bonds is 1. The van der Waals surface area contributed by atoms with Crippen LogP contribution in [0.5, 0.6) is 0 Å². The quantitative estimate of drug-likeness (QED) is 0.622. The van der Waals surface area contributed by atoms with E-state index in [4.69, 9.17) is 0 Å². The highest BCUT2D eigenvalue weighted by molar-refractivity contribution is 5.96. The first-order chi connectivity index (χ1) is 6.68. The summed E-state index contributed by atoms with van der Waals surface area (Å²) in [6.07, 6.45) is 8.00. The van der Waals surface area contributed by atoms with E-state index >= 15 is 0 Å². The number of Topliss-reactive ketones (excluding diaryl/α,β-unsaturated/α-hetero) is 1. The molecule has 1 nitrogen and oxygen atoms in total. The highest BCUT2D eigenvalue weighted by Gasteiger charge is 2.30. The van der Waals surface area contributed by atoms with Crippen LogP contribution in [-0.4, -0.2) is 5.78 Å². The fourth-order valence-electron chi connectivity index (χ4n) is 2.80. The molecule has 0 saturated heterocycles. The van der Waals surface area contributed by atoms with Gasteiger partial charge >= 0.3 is 0 Å². The van der Waals surface area contributed by atoms with Crippen molar-refractivity contribution in [1.29, 1.82) is 0 Å². The van der Waals surface area contributed by atoms with Crippen LogP contribution in [0.25, 0.3) is 0 Å². The van der Waals surface area contributed by atoms with E-state index in [0.717, 1.165) is 12.8 Å². The Labute approximate surface area is 86.6 Å². The molecular weight excluding hydrogens is 172 g/mol. The van der Waals surface area contributed by atoms with Crippen LogP contribution in [-0.2, 0) is 4.79 Å². The molecule has 1 heteroatoms. The molecule has 0 N–H and O–H groups in total. The summed E-state index contributed by atoms with van der Waals surface area (Å²) in [5, 5.41) is 0. The van der Waals surface area contributed by atoms with Crippen molar-refractivity contribution >= 4 is 5.78 Å². The molecule has 0 amide bonds. The standard InChI is InChI=1S/C13H20O/c1-9(2)11-7-6-10-4-3-5-13(14)12(10)8-11/h8-11H,3-7H2,1-2H3. The third-order valence-electron chi connectivity index (χ3n) is 3.82. The molecule has 2 unspecified atom stereocenters. The molecule has 1 fully saturated rings. The molecule has 0 aromatic carbocycles. The first-order valence-corrected chi connectivity index (χ1v) is 5.93. The van der Waals surface area contributed by atoms with Gasteiger partial charge in [-0.3, -0.25) is 4.79 Å². The van der Waals surface area contributed by atoms with Crippen LogP contribution < -0.4 is 0 Å². The third-order valence-corrected chi connectivity index (χ3v) is 3.82. The number of fused-ring (bicyclic) bond motifs is 1. The van der Waals surface area contributed by atoms with Crippen molar-refractivity contribution in [2.75, 3.05) is 0 Å². The maximum Gasteiger partial charge on any atom is 0.158 e. The molecule has 2 rings (SSSR count). The molecular formula is C13H20O. The van der Waals surface area contributed by atoms with Crippen LogP contribution in [0.4, 0.5) is 0 Å². The average molecular weight is 192 g/mol. The van der Waals surface area contributed by atoms with Gasteiger partial charge in [-0.15, -0.1) is 0 Å². The van der Waals surface area contributed by atoms with E-state index in [1.54, 1.807) is 0 Å². The average Bonchev–Trinajstić information content (AvgIpc) is 2.18. The molecule has 2 aliphatic carbocycles. The molecule has 0 aliphatic heterocycles. The topological polar surface area (TPSA) is 17.1 Å². The second-order valence-electron chi connectivity index (χ2n) is 5.12. The van der Waals surface area contributed by atoms with Gasteiger partial charge < -0.3 is 0 Å². The summed E-state index contributed by atoms with van der Waals surface area (Å²) < 4.78 is 0. The van der Waals surface area contributed by atoms with Gasteiger partial charge in [-0.05, 0) is 49.0 Å². The predicted molar refractivity (Wildman–Crippen MR) is 58.0 cm³/mol. The van der Waals surface area contributed by atoms with Crippen molar-refractivity contribution in [3.63, 3.8) is 0 Å². The minimum atomic E-state index is 0.437. The molecule has 0 spiro atoms. The van der Waals surface area contributed by atoms with E-state index < -0.39 is 0 Å². The van der Waals surface area contributed by atoms with Crippen molar-refractivity contribution in [1.82, 2.24) is 0 Å². The van der Waals surface area contributed by atoms with Crippen molar-refractivity contribution in [3.05, 3.63) is 11.6 Å². The number of ketones is 1. The van der Waals surface area contributed by atoms with Crippen molar-refractivity contribution in [2.24, 2.45) is 17.8 Å². The lowest BCUT2D eigenvalue weighted by Crippen LogP contribution is -2.25. The van der Waals surface area contributed by atoms with E-state index in [9.17, 15) is 4.79 Å². The zero-order chi connectivity index (χ0) is 10.1. The number of carbonyl (C=O) groups is 1. The van der Waals surface area contributed by atoms with Gasteiger partial charge in [0.15, 0.2) is 5.78 Å². The van der Waals surface area contributed by atoms with Gasteiger partial charge in [-0.1, -0.05) is 19.9 Å². The van der Waals surface area contributed by atoms with E-state index in [2.05, 4.69) is 19.9 Å². The third kappa shape index (κ3) is 1.77. The van der Waals surface area contributed by atoms with Gasteiger partial charge in [0.25, 0.3) is 0 Å². The highest BCUT2D eigenvalue weighted by Crippen LogP contribution is 2.38. The lowest BCUT2D eigenvalue weighted by Gasteiger charge is -2.32. The summed E-state index contributed by atoms with van der Waals surface area (Å²) in [6.45, 7) is 4.52. The Hall–Kier alpha value is -0.590. The lowest BCUT2D eigenvalue weighted by atomic mass is 9.72. The maximum atomic E-state index is 11.7. The van der Waals surface area contributed by atoms with Crippen LogP contribution in [0.2, 0.25) is 0 Å². The molecule has 0 aromatic rings. The van der Waals surface area contributed by atoms with Crippen LogP contribution in [0.3, 0.4) is 0 Å². The Morgan fingerprint density at radius 2 is 2.07 bits per heavy atom. The van der Waals surface area contributed by atoms with E-state index in [1.807, 2.05) is 0 Å². The Kier molecular flexibility index (Phi) is 2.76. The van der Waals surface area contributed by atoms with Gasteiger partial charge in [0, 0.05) is 6.42 Å². The van der Waals surface area contributed by atoms with Crippen LogP contribution >= 0.6 is 0 Å². The predicted octanol–water partition coefficient (Wildman–Crippen LogP) is 3.35. The minimum absolute atomic E-state index is 0.437. The molecule has 78 valence electrons. The summed E-state index contributed by atoms with van der Waals surface area (Å²) in [7, 11) is 0. The summed E-state index contributed by atoms with van der Waals surface area (Å²) >= 11 is 0. The molecule has 0 aromatic heterocycles. The zero-order valence-corrected chi connectivity index (χ0v) is 9.25. The molecule has 0 bridgehead atoms. The Balaban J connectivity index is 2.19. The second-order valence-corrected chi connectivity index (χ2v) is 5.12. The molecule has 1 saturated carbocycles. The monoisotopic (exact) mass is 192 g/mol. The summed E-state index contributed by atoms with van der Waals surface area (Å²) in [6, 6.07) is 0. The zero-order valence-electron chi connectivity index (χ0n) is 9.25. The maximum absolute atomic E-state index is 11.7. The van der Waals surface area contributed by atoms with Crippen LogP contribution in [0.15, 0.2) is 11.6 Å². The Bertz CT molecular complexity index is 262. The van der Waals surface area contributed by atoms with E-state index in [1.165, 1.54) is 24.8 Å². The normalized spacial score (nSPS) is 32.8. The molecule has 0 radical (unpaired) electrons. The largest absolute Gasteiger partial charge is 0.295 e. The number of allylic oxidation sites excluding steroid dienone is 2. The van der Waals surface area contributed by atoms with Gasteiger partial charge in [0.2, 0.25) is 0 Å². The summed E-state index contributed by atoms with van der Waals surface area (Å²) in [5.41, 5.74) is 1.18. The number of hydrogen-bond acceptors (Lipinski definition) is 1. The van der Waals surface area contributed by atoms with Crippen molar-refractivity contribution < 1.29 is 4.79 Å². The van der Waals surface area contributed by atoms with Gasteiger partial charge in [0.05, 0.1) is 0 Å². The number of hydrogen-bond donors (Lipinski definition) is 0. The fraction of sp³-hybridized carbons (Fsp3) is 0.769. The second kappa shape index (κ2) is 3.88. The molecule has 2 aliphatic rings. The SMILES string of the molecule is CC(C)C1C=C2C(=O)CCCC2CC1. The van der Waals surface area contributed by atoms with E-state index in [0.29, 0.717) is 23.5 Å². The van der Waals surface area contributed by atoms with Gasteiger partial charge in [-0.25, -0.2) is 0 Å². The minimum Gasteiger partial charge on any atom is -0.295 e. The highest BCUT2D eigenvalue weighted by atomic mass is 16.1. The first-order valence-electron chi connectivity index (χ1n) is 5.93. The van der Waals surface area contributed by atoms with E-state index in [-0.39, 0.29) is 0 Å². The number of carbonyl (C=O) groups excluding carboxylic acids is 1. The lowest BCUT2D eigenvalue weighted by molar-refractivity contribution is -0.117. The molecule has 0 heterocycles. The smallest absolute Gasteiger partial charge is 0.158 e. The van der Waals surface area contributed by atoms with Crippen LogP contribution in [0.1, 0.15) is 46.0 Å². The van der Waals surface area contributed by atoms with Crippen LogP contribution in [0, 0.1) is 17.8 Å². The summed E-state index contributed by atoms with van der Waals surface area (Å²) in [4.78, 5) is 11.7. The van der Waals surface area contributed by atoms with Crippen molar-refractivity contribution in [3.8, 4) is 0 Å². The fourth-order valence-corrected chi connectivity index (χ4v) is 2.80. The van der Waals surface area contributed by atoms with Gasteiger partial charge in [0.1, 0.15) is 0 Å². The van der Waals surface area contributed by atoms with Gasteiger partial charge in [-0.2, -0.15) is 0 Å². The van der Waals surface area contributed by atoms with Crippen molar-refractivity contribution in [2.45, 2.75) is 46.0 Å². The Morgan fingerprint density at radius 1 is 1.29 bits per heavy atom.